The molecular weight excluding hydrogens is 456 g/mol. The van der Waals surface area contributed by atoms with E-state index >= 15 is 0 Å². The number of aliphatic hydroxyl groups excluding tert-OH is 1. The molecular formula is C34H34O3. The summed E-state index contributed by atoms with van der Waals surface area (Å²) in [5, 5.41) is 31.2. The summed E-state index contributed by atoms with van der Waals surface area (Å²) in [6, 6.07) is 33.4. The molecule has 4 rings (SSSR count). The number of para-hydroxylation sites is 1. The summed E-state index contributed by atoms with van der Waals surface area (Å²) < 4.78 is 0. The predicted octanol–water partition coefficient (Wildman–Crippen LogP) is 8.64. The Bertz CT molecular complexity index is 1380. The number of aliphatic hydroxyl groups is 1. The van der Waals surface area contributed by atoms with Gasteiger partial charge in [-0.15, -0.1) is 0 Å². The van der Waals surface area contributed by atoms with Gasteiger partial charge in [0.15, 0.2) is 0 Å². The van der Waals surface area contributed by atoms with Crippen LogP contribution in [0.2, 0.25) is 0 Å². The summed E-state index contributed by atoms with van der Waals surface area (Å²) >= 11 is 0. The first-order chi connectivity index (χ1) is 17.8. The second kappa shape index (κ2) is 11.2. The molecule has 0 saturated heterocycles. The molecule has 37 heavy (non-hydrogen) atoms. The van der Waals surface area contributed by atoms with E-state index in [1.807, 2.05) is 55.5 Å². The Hall–Kier alpha value is -4.24. The molecule has 0 saturated carbocycles. The number of hydrogen-bond acceptors (Lipinski definition) is 3. The van der Waals surface area contributed by atoms with E-state index in [9.17, 15) is 15.3 Å². The van der Waals surface area contributed by atoms with Gasteiger partial charge < -0.3 is 15.3 Å². The molecule has 0 aliphatic heterocycles. The van der Waals surface area contributed by atoms with Crippen LogP contribution in [0.3, 0.4) is 0 Å². The fraction of sp³-hybridized carbons (Fsp3) is 0.176. The number of benzene rings is 4. The first kappa shape index (κ1) is 25.8. The molecule has 2 atom stereocenters. The lowest BCUT2D eigenvalue weighted by Crippen LogP contribution is -2.31. The van der Waals surface area contributed by atoms with Crippen molar-refractivity contribution < 1.29 is 15.3 Å². The number of hydrogen-bond donors (Lipinski definition) is 3. The number of rotatable bonds is 8. The Balaban J connectivity index is 1.68. The predicted molar refractivity (Wildman–Crippen MR) is 153 cm³/mol. The molecule has 2 unspecified atom stereocenters. The molecule has 4 aromatic rings. The zero-order valence-corrected chi connectivity index (χ0v) is 21.6. The van der Waals surface area contributed by atoms with Gasteiger partial charge in [0.2, 0.25) is 0 Å². The van der Waals surface area contributed by atoms with Crippen LogP contribution in [0.4, 0.5) is 0 Å². The lowest BCUT2D eigenvalue weighted by atomic mass is 9.66. The van der Waals surface area contributed by atoms with Crippen molar-refractivity contribution >= 4 is 5.57 Å². The van der Waals surface area contributed by atoms with Crippen LogP contribution in [0.5, 0.6) is 11.5 Å². The Labute approximate surface area is 219 Å². The Morgan fingerprint density at radius 3 is 1.89 bits per heavy atom. The summed E-state index contributed by atoms with van der Waals surface area (Å²) in [5.74, 6) is 0.611. The van der Waals surface area contributed by atoms with E-state index in [-0.39, 0.29) is 28.6 Å². The smallest absolute Gasteiger partial charge is 0.123 e. The number of phenols is 2. The van der Waals surface area contributed by atoms with Crippen LogP contribution in [-0.4, -0.2) is 15.3 Å². The topological polar surface area (TPSA) is 60.7 Å². The van der Waals surface area contributed by atoms with Crippen molar-refractivity contribution in [1.82, 2.24) is 0 Å². The van der Waals surface area contributed by atoms with Crippen LogP contribution in [0.25, 0.3) is 16.7 Å². The van der Waals surface area contributed by atoms with Gasteiger partial charge in [-0.2, -0.15) is 0 Å². The normalized spacial score (nSPS) is 14.7. The van der Waals surface area contributed by atoms with E-state index < -0.39 is 0 Å². The van der Waals surface area contributed by atoms with E-state index in [1.54, 1.807) is 30.3 Å². The Morgan fingerprint density at radius 2 is 1.30 bits per heavy atom. The van der Waals surface area contributed by atoms with Gasteiger partial charge >= 0.3 is 0 Å². The minimum absolute atomic E-state index is 0.101. The van der Waals surface area contributed by atoms with E-state index in [2.05, 4.69) is 50.2 Å². The van der Waals surface area contributed by atoms with Gasteiger partial charge in [-0.3, -0.25) is 0 Å². The molecule has 188 valence electrons. The number of allylic oxidation sites excluding steroid dienone is 3. The maximum absolute atomic E-state index is 11.0. The van der Waals surface area contributed by atoms with Crippen molar-refractivity contribution in [2.24, 2.45) is 5.92 Å². The fourth-order valence-corrected chi connectivity index (χ4v) is 4.96. The maximum atomic E-state index is 11.0. The second-order valence-electron chi connectivity index (χ2n) is 9.64. The standard InChI is InChI=1S/C34H34O3/c1-4-30(31-12-8-9-13-32(31)36)33(37)23-14-24(2)34(3,28-19-21-29(35)22-20-28)27-17-15-26(16-18-27)25-10-6-5-7-11-25/h4-13,15-24,35-37H,14H2,1-3H3/b30-4-,33-23+. The monoisotopic (exact) mass is 490 g/mol. The van der Waals surface area contributed by atoms with Crippen molar-refractivity contribution in [2.75, 3.05) is 0 Å². The van der Waals surface area contributed by atoms with Gasteiger partial charge in [-0.1, -0.05) is 105 Å². The first-order valence-electron chi connectivity index (χ1n) is 12.6. The molecule has 0 heterocycles. The van der Waals surface area contributed by atoms with Gasteiger partial charge in [0.05, 0.1) is 0 Å². The van der Waals surface area contributed by atoms with Gasteiger partial charge in [-0.25, -0.2) is 0 Å². The summed E-state index contributed by atoms with van der Waals surface area (Å²) in [6.07, 6.45) is 4.26. The molecule has 0 spiro atoms. The highest BCUT2D eigenvalue weighted by molar-refractivity contribution is 5.79. The van der Waals surface area contributed by atoms with Crippen molar-refractivity contribution in [3.63, 3.8) is 0 Å². The SMILES string of the molecule is C/C=C(\C(O)=C/CC(C)C(C)(c1ccc(O)cc1)c1ccc(-c2ccccc2)cc1)c1ccccc1O. The fourth-order valence-electron chi connectivity index (χ4n) is 4.96. The molecule has 0 amide bonds. The second-order valence-corrected chi connectivity index (χ2v) is 9.64. The number of phenolic OH excluding ortho intramolecular Hbond substituents is 2. The van der Waals surface area contributed by atoms with Crippen LogP contribution in [-0.2, 0) is 5.41 Å². The zero-order chi connectivity index (χ0) is 26.4. The molecule has 4 aromatic carbocycles. The molecule has 3 heteroatoms. The first-order valence-corrected chi connectivity index (χ1v) is 12.6. The molecule has 0 aliphatic carbocycles. The van der Waals surface area contributed by atoms with Gasteiger partial charge in [0, 0.05) is 16.6 Å². The summed E-state index contributed by atoms with van der Waals surface area (Å²) in [4.78, 5) is 0. The van der Waals surface area contributed by atoms with Gasteiger partial charge in [0.1, 0.15) is 17.3 Å². The molecule has 0 aliphatic rings. The molecule has 0 aromatic heterocycles. The summed E-state index contributed by atoms with van der Waals surface area (Å²) in [7, 11) is 0. The minimum Gasteiger partial charge on any atom is -0.508 e. The molecule has 0 radical (unpaired) electrons. The van der Waals surface area contributed by atoms with E-state index in [4.69, 9.17) is 0 Å². The Kier molecular flexibility index (Phi) is 7.83. The average molecular weight is 491 g/mol. The highest BCUT2D eigenvalue weighted by Gasteiger charge is 2.34. The third-order valence-corrected chi connectivity index (χ3v) is 7.47. The van der Waals surface area contributed by atoms with Crippen LogP contribution in [0.15, 0.2) is 121 Å². The quantitative estimate of drug-likeness (QED) is 0.171. The van der Waals surface area contributed by atoms with Crippen molar-refractivity contribution in [1.29, 1.82) is 0 Å². The van der Waals surface area contributed by atoms with Gasteiger partial charge in [0.25, 0.3) is 0 Å². The lowest BCUT2D eigenvalue weighted by molar-refractivity contribution is 0.368. The third kappa shape index (κ3) is 5.46. The zero-order valence-electron chi connectivity index (χ0n) is 21.6. The van der Waals surface area contributed by atoms with Crippen LogP contribution in [0.1, 0.15) is 43.9 Å². The van der Waals surface area contributed by atoms with Crippen LogP contribution in [0, 0.1) is 5.92 Å². The van der Waals surface area contributed by atoms with Crippen molar-refractivity contribution in [2.45, 2.75) is 32.6 Å². The average Bonchev–Trinajstić information content (AvgIpc) is 2.93. The summed E-state index contributed by atoms with van der Waals surface area (Å²) in [5.41, 5.74) is 5.39. The summed E-state index contributed by atoms with van der Waals surface area (Å²) in [6.45, 7) is 6.24. The molecule has 3 N–H and O–H groups in total. The lowest BCUT2D eigenvalue weighted by Gasteiger charge is -2.37. The van der Waals surface area contributed by atoms with Gasteiger partial charge in [-0.05, 0) is 65.8 Å². The number of aromatic hydroxyl groups is 2. The minimum atomic E-state index is -0.384. The van der Waals surface area contributed by atoms with Crippen molar-refractivity contribution in [3.05, 3.63) is 138 Å². The van der Waals surface area contributed by atoms with E-state index in [0.717, 1.165) is 16.7 Å². The molecule has 0 bridgehead atoms. The largest absolute Gasteiger partial charge is 0.508 e. The van der Waals surface area contributed by atoms with Crippen molar-refractivity contribution in [3.8, 4) is 22.6 Å². The third-order valence-electron chi connectivity index (χ3n) is 7.47. The highest BCUT2D eigenvalue weighted by atomic mass is 16.3. The van der Waals surface area contributed by atoms with Crippen LogP contribution >= 0.6 is 0 Å². The van der Waals surface area contributed by atoms with Crippen LogP contribution < -0.4 is 0 Å². The van der Waals surface area contributed by atoms with E-state index in [0.29, 0.717) is 17.6 Å². The van der Waals surface area contributed by atoms with E-state index in [1.165, 1.54) is 5.56 Å². The Morgan fingerprint density at radius 1 is 0.757 bits per heavy atom. The highest BCUT2D eigenvalue weighted by Crippen LogP contribution is 2.42. The molecule has 0 fully saturated rings. The molecule has 3 nitrogen and oxygen atoms in total. The maximum Gasteiger partial charge on any atom is 0.123 e.